The number of nitrogens with zero attached hydrogens (tertiary/aromatic N) is 2. The SMILES string of the molecule is CCOC(=O)C(C)(CC(C)OB(OC)B1OC(C)(C)C(C)(C)O1)n1cc(B2OC(C)(C)C(C)(C)O2)cn1. The van der Waals surface area contributed by atoms with Crippen LogP contribution in [0.2, 0.25) is 0 Å². The third kappa shape index (κ3) is 5.82. The van der Waals surface area contributed by atoms with Crippen molar-refractivity contribution in [3.8, 4) is 0 Å². The molecule has 2 aliphatic rings. The molecule has 3 rings (SSSR count). The van der Waals surface area contributed by atoms with Gasteiger partial charge in [0, 0.05) is 37.5 Å². The molecule has 2 unspecified atom stereocenters. The van der Waals surface area contributed by atoms with E-state index in [-0.39, 0.29) is 13.0 Å². The van der Waals surface area contributed by atoms with Gasteiger partial charge >= 0.3 is 27.1 Å². The second-order valence-electron chi connectivity index (χ2n) is 12.2. The number of esters is 1. The molecule has 2 atom stereocenters. The predicted molar refractivity (Wildman–Crippen MR) is 142 cm³/mol. The Morgan fingerprint density at radius 1 is 1.05 bits per heavy atom. The minimum atomic E-state index is -1.16. The van der Waals surface area contributed by atoms with Crippen LogP contribution in [0, 0.1) is 0 Å². The molecule has 2 saturated heterocycles. The summed E-state index contributed by atoms with van der Waals surface area (Å²) in [4.78, 5) is 13.2. The molecule has 0 spiro atoms. The highest BCUT2D eigenvalue weighted by Crippen LogP contribution is 2.38. The van der Waals surface area contributed by atoms with Crippen LogP contribution in [0.1, 0.15) is 82.6 Å². The van der Waals surface area contributed by atoms with E-state index >= 15 is 0 Å². The van der Waals surface area contributed by atoms with Crippen molar-refractivity contribution in [2.75, 3.05) is 13.7 Å². The zero-order chi connectivity index (χ0) is 28.0. The Morgan fingerprint density at radius 3 is 2.05 bits per heavy atom. The van der Waals surface area contributed by atoms with Crippen molar-refractivity contribution in [1.82, 2.24) is 9.78 Å². The normalized spacial score (nSPS) is 24.1. The maximum atomic E-state index is 13.2. The molecule has 37 heavy (non-hydrogen) atoms. The molecule has 1 aromatic rings. The zero-order valence-electron chi connectivity index (χ0n) is 24.5. The highest BCUT2D eigenvalue weighted by molar-refractivity contribution is 7.10. The van der Waals surface area contributed by atoms with Crippen LogP contribution in [0.4, 0.5) is 0 Å². The summed E-state index contributed by atoms with van der Waals surface area (Å²) < 4.78 is 43.4. The zero-order valence-corrected chi connectivity index (χ0v) is 24.5. The predicted octanol–water partition coefficient (Wildman–Crippen LogP) is 2.56. The number of hydrogen-bond acceptors (Lipinski definition) is 9. The second-order valence-corrected chi connectivity index (χ2v) is 12.2. The van der Waals surface area contributed by atoms with Gasteiger partial charge < -0.3 is 32.7 Å². The lowest BCUT2D eigenvalue weighted by atomic mass is 9.48. The van der Waals surface area contributed by atoms with Crippen molar-refractivity contribution < 1.29 is 37.5 Å². The summed E-state index contributed by atoms with van der Waals surface area (Å²) in [7, 11) is -0.566. The van der Waals surface area contributed by atoms with Gasteiger partial charge in [0.1, 0.15) is 0 Å². The van der Waals surface area contributed by atoms with Crippen LogP contribution in [0.25, 0.3) is 0 Å². The van der Waals surface area contributed by atoms with Crippen LogP contribution in [0.15, 0.2) is 12.4 Å². The molecule has 1 aromatic heterocycles. The molecular formula is C24H43B3N2O8. The van der Waals surface area contributed by atoms with Gasteiger partial charge in [-0.25, -0.2) is 4.79 Å². The molecule has 0 aliphatic carbocycles. The molecule has 0 N–H and O–H groups in total. The first-order valence-corrected chi connectivity index (χ1v) is 13.0. The fraction of sp³-hybridized carbons (Fsp3) is 0.833. The Morgan fingerprint density at radius 2 is 1.57 bits per heavy atom. The van der Waals surface area contributed by atoms with E-state index in [9.17, 15) is 4.79 Å². The van der Waals surface area contributed by atoms with Gasteiger partial charge in [0.05, 0.1) is 29.0 Å². The summed E-state index contributed by atoms with van der Waals surface area (Å²) in [5, 5.41) is 4.52. The number of carbonyl (C=O) groups excluding carboxylic acids is 1. The summed E-state index contributed by atoms with van der Waals surface area (Å²) in [6, 6.07) is 0. The Hall–Kier alpha value is -1.37. The molecule has 206 valence electrons. The van der Waals surface area contributed by atoms with E-state index in [0.717, 1.165) is 5.46 Å². The average Bonchev–Trinajstić information content (AvgIpc) is 3.39. The van der Waals surface area contributed by atoms with Crippen molar-refractivity contribution in [2.24, 2.45) is 0 Å². The number of ether oxygens (including phenoxy) is 1. The lowest BCUT2D eigenvalue weighted by molar-refractivity contribution is -0.155. The maximum absolute atomic E-state index is 13.2. The first kappa shape index (κ1) is 30.2. The molecule has 2 fully saturated rings. The molecule has 0 saturated carbocycles. The van der Waals surface area contributed by atoms with Gasteiger partial charge in [-0.1, -0.05) is 0 Å². The van der Waals surface area contributed by atoms with Gasteiger partial charge in [0.25, 0.3) is 0 Å². The van der Waals surface area contributed by atoms with Gasteiger partial charge in [0.2, 0.25) is 0 Å². The molecular weight excluding hydrogens is 477 g/mol. The van der Waals surface area contributed by atoms with Gasteiger partial charge in [-0.15, -0.1) is 0 Å². The smallest absolute Gasteiger partial charge is 0.464 e. The lowest BCUT2D eigenvalue weighted by Gasteiger charge is -2.32. The molecule has 0 aromatic carbocycles. The van der Waals surface area contributed by atoms with Crippen molar-refractivity contribution in [3.05, 3.63) is 12.4 Å². The number of carbonyl (C=O) groups is 1. The number of hydrogen-bond donors (Lipinski definition) is 0. The van der Waals surface area contributed by atoms with Crippen molar-refractivity contribution in [3.63, 3.8) is 0 Å². The topological polar surface area (TPSA) is 99.5 Å². The Bertz CT molecular complexity index is 938. The monoisotopic (exact) mass is 520 g/mol. The fourth-order valence-electron chi connectivity index (χ4n) is 4.33. The van der Waals surface area contributed by atoms with E-state index in [1.807, 2.05) is 62.3 Å². The molecule has 2 aliphatic heterocycles. The number of rotatable bonds is 10. The lowest BCUT2D eigenvalue weighted by Crippen LogP contribution is -2.48. The minimum Gasteiger partial charge on any atom is -0.464 e. The van der Waals surface area contributed by atoms with Crippen molar-refractivity contribution in [1.29, 1.82) is 0 Å². The first-order chi connectivity index (χ1) is 16.9. The molecule has 3 heterocycles. The largest absolute Gasteiger partial charge is 0.498 e. The summed E-state index contributed by atoms with van der Waals surface area (Å²) in [6.07, 6.45) is 3.25. The maximum Gasteiger partial charge on any atom is 0.498 e. The van der Waals surface area contributed by atoms with E-state index in [1.165, 1.54) is 7.11 Å². The van der Waals surface area contributed by atoms with E-state index in [1.54, 1.807) is 30.9 Å². The fourth-order valence-corrected chi connectivity index (χ4v) is 4.33. The molecule has 0 radical (unpaired) electrons. The summed E-state index contributed by atoms with van der Waals surface area (Å²) in [5.74, 6) is -0.418. The Kier molecular flexibility index (Phi) is 8.41. The summed E-state index contributed by atoms with van der Waals surface area (Å²) >= 11 is 0. The highest BCUT2D eigenvalue weighted by atomic mass is 16.7. The standard InChI is InChI=1S/C24H43B3N2O8/c1-13-32-19(30)24(11,29-16-18(15-28-29)25-34-20(3,4)21(5,6)35-25)14-17(2)33-26(31-12)27-36-22(7,8)23(9,10)37-27/h15-17H,13-14H2,1-12H3. The van der Waals surface area contributed by atoms with Crippen LogP contribution in [0.3, 0.4) is 0 Å². The van der Waals surface area contributed by atoms with E-state index in [0.29, 0.717) is 0 Å². The minimum absolute atomic E-state index is 0.240. The average molecular weight is 520 g/mol. The van der Waals surface area contributed by atoms with Crippen LogP contribution in [0.5, 0.6) is 0 Å². The molecule has 0 amide bonds. The van der Waals surface area contributed by atoms with Crippen molar-refractivity contribution >= 4 is 32.6 Å². The summed E-state index contributed by atoms with van der Waals surface area (Å²) in [5.41, 5.74) is -2.48. The highest BCUT2D eigenvalue weighted by Gasteiger charge is 2.58. The molecule has 0 bridgehead atoms. The molecule has 13 heteroatoms. The van der Waals surface area contributed by atoms with E-state index in [2.05, 4.69) is 5.10 Å². The van der Waals surface area contributed by atoms with Crippen LogP contribution >= 0.6 is 0 Å². The van der Waals surface area contributed by atoms with Crippen molar-refractivity contribution in [2.45, 2.75) is 117 Å². The number of aromatic nitrogens is 2. The Balaban J connectivity index is 1.79. The third-order valence-corrected chi connectivity index (χ3v) is 8.13. The third-order valence-electron chi connectivity index (χ3n) is 8.13. The van der Waals surface area contributed by atoms with Crippen LogP contribution in [-0.4, -0.2) is 79.1 Å². The first-order valence-electron chi connectivity index (χ1n) is 13.0. The van der Waals surface area contributed by atoms with E-state index < -0.39 is 61.2 Å². The summed E-state index contributed by atoms with van der Waals surface area (Å²) in [6.45, 7) is 21.5. The quantitative estimate of drug-likeness (QED) is 0.341. The Labute approximate surface area is 222 Å². The second kappa shape index (κ2) is 10.3. The van der Waals surface area contributed by atoms with Gasteiger partial charge in [-0.3, -0.25) is 4.68 Å². The van der Waals surface area contributed by atoms with Crippen LogP contribution in [-0.2, 0) is 43.0 Å². The van der Waals surface area contributed by atoms with Gasteiger partial charge in [0.15, 0.2) is 5.54 Å². The van der Waals surface area contributed by atoms with E-state index in [4.69, 9.17) is 32.7 Å². The molecule has 10 nitrogen and oxygen atoms in total. The van der Waals surface area contributed by atoms with Crippen LogP contribution < -0.4 is 5.46 Å². The van der Waals surface area contributed by atoms with Gasteiger partial charge in [-0.05, 0) is 76.2 Å². The van der Waals surface area contributed by atoms with Gasteiger partial charge in [-0.2, -0.15) is 5.10 Å².